The molecule has 0 N–H and O–H groups in total. The SMILES string of the molecule is O=[N+]([O-])c1cc(C=Nc2ccccc2I)ccc1Cl. The molecule has 0 radical (unpaired) electrons. The molecular formula is C13H8ClIN2O2. The van der Waals surface area contributed by atoms with Crippen molar-refractivity contribution in [2.45, 2.75) is 0 Å². The lowest BCUT2D eigenvalue weighted by Gasteiger charge is -1.98. The maximum Gasteiger partial charge on any atom is 0.288 e. The minimum atomic E-state index is -0.508. The van der Waals surface area contributed by atoms with E-state index in [9.17, 15) is 10.1 Å². The van der Waals surface area contributed by atoms with Gasteiger partial charge in [-0.1, -0.05) is 29.8 Å². The Labute approximate surface area is 128 Å². The van der Waals surface area contributed by atoms with Crippen LogP contribution in [0.25, 0.3) is 0 Å². The zero-order valence-electron chi connectivity index (χ0n) is 9.59. The number of nitrogens with zero attached hydrogens (tertiary/aromatic N) is 2. The molecule has 0 saturated carbocycles. The Kier molecular flexibility index (Phi) is 4.49. The van der Waals surface area contributed by atoms with Crippen molar-refractivity contribution in [2.24, 2.45) is 4.99 Å². The van der Waals surface area contributed by atoms with E-state index in [1.54, 1.807) is 12.3 Å². The topological polar surface area (TPSA) is 55.5 Å². The maximum absolute atomic E-state index is 10.8. The first kappa shape index (κ1) is 14.0. The Morgan fingerprint density at radius 2 is 2.00 bits per heavy atom. The third-order valence-corrected chi connectivity index (χ3v) is 3.60. The Bertz CT molecular complexity index is 659. The molecule has 0 aliphatic carbocycles. The molecule has 0 unspecified atom stereocenters. The molecule has 2 aromatic rings. The Morgan fingerprint density at radius 1 is 1.26 bits per heavy atom. The van der Waals surface area contributed by atoms with Gasteiger partial charge in [-0.15, -0.1) is 0 Å². The van der Waals surface area contributed by atoms with Gasteiger partial charge in [-0.3, -0.25) is 15.1 Å². The van der Waals surface area contributed by atoms with E-state index in [1.165, 1.54) is 12.1 Å². The van der Waals surface area contributed by atoms with Crippen molar-refractivity contribution in [3.05, 3.63) is 66.7 Å². The molecule has 6 heteroatoms. The van der Waals surface area contributed by atoms with Crippen molar-refractivity contribution in [3.8, 4) is 0 Å². The highest BCUT2D eigenvalue weighted by atomic mass is 127. The van der Waals surface area contributed by atoms with E-state index in [0.29, 0.717) is 5.56 Å². The first-order chi connectivity index (χ1) is 9.08. The van der Waals surface area contributed by atoms with Crippen LogP contribution in [0, 0.1) is 13.7 Å². The number of hydrogen-bond donors (Lipinski definition) is 0. The minimum Gasteiger partial charge on any atom is -0.258 e. The quantitative estimate of drug-likeness (QED) is 0.335. The van der Waals surface area contributed by atoms with Crippen molar-refractivity contribution < 1.29 is 4.92 Å². The summed E-state index contributed by atoms with van der Waals surface area (Å²) in [7, 11) is 0. The lowest BCUT2D eigenvalue weighted by molar-refractivity contribution is -0.384. The summed E-state index contributed by atoms with van der Waals surface area (Å²) in [4.78, 5) is 14.6. The molecule has 2 aromatic carbocycles. The van der Waals surface area contributed by atoms with E-state index in [2.05, 4.69) is 27.6 Å². The van der Waals surface area contributed by atoms with E-state index < -0.39 is 4.92 Å². The highest BCUT2D eigenvalue weighted by Crippen LogP contribution is 2.25. The van der Waals surface area contributed by atoms with Gasteiger partial charge in [0.15, 0.2) is 0 Å². The van der Waals surface area contributed by atoms with Crippen LogP contribution < -0.4 is 0 Å². The summed E-state index contributed by atoms with van der Waals surface area (Å²) in [5.41, 5.74) is 1.34. The standard InChI is InChI=1S/C13H8ClIN2O2/c14-10-6-5-9(7-13(10)17(18)19)8-16-12-4-2-1-3-11(12)15/h1-8H. The van der Waals surface area contributed by atoms with Crippen LogP contribution in [0.2, 0.25) is 5.02 Å². The first-order valence-electron chi connectivity index (χ1n) is 5.30. The third kappa shape index (κ3) is 3.51. The highest BCUT2D eigenvalue weighted by molar-refractivity contribution is 14.1. The van der Waals surface area contributed by atoms with E-state index >= 15 is 0 Å². The average molecular weight is 387 g/mol. The number of nitro groups is 1. The van der Waals surface area contributed by atoms with Gasteiger partial charge < -0.3 is 0 Å². The van der Waals surface area contributed by atoms with Gasteiger partial charge in [-0.25, -0.2) is 0 Å². The van der Waals surface area contributed by atoms with Crippen LogP contribution in [0.5, 0.6) is 0 Å². The normalized spacial score (nSPS) is 10.8. The Balaban J connectivity index is 2.32. The van der Waals surface area contributed by atoms with E-state index in [4.69, 9.17) is 11.6 Å². The average Bonchev–Trinajstić information content (AvgIpc) is 2.39. The van der Waals surface area contributed by atoms with E-state index in [1.807, 2.05) is 24.3 Å². The number of halogens is 2. The van der Waals surface area contributed by atoms with Crippen molar-refractivity contribution >= 4 is 51.8 Å². The molecule has 4 nitrogen and oxygen atoms in total. The van der Waals surface area contributed by atoms with Gasteiger partial charge in [0.05, 0.1) is 10.6 Å². The summed E-state index contributed by atoms with van der Waals surface area (Å²) in [5.74, 6) is 0. The van der Waals surface area contributed by atoms with Crippen LogP contribution >= 0.6 is 34.2 Å². The summed E-state index contributed by atoms with van der Waals surface area (Å²) in [6.45, 7) is 0. The molecule has 0 aromatic heterocycles. The molecule has 19 heavy (non-hydrogen) atoms. The van der Waals surface area contributed by atoms with Gasteiger partial charge in [0, 0.05) is 15.9 Å². The molecule has 0 aliphatic rings. The summed E-state index contributed by atoms with van der Waals surface area (Å²) in [6.07, 6.45) is 1.58. The lowest BCUT2D eigenvalue weighted by Crippen LogP contribution is -1.91. The molecule has 0 bridgehead atoms. The minimum absolute atomic E-state index is 0.117. The molecule has 0 fully saturated rings. The van der Waals surface area contributed by atoms with Crippen LogP contribution in [-0.4, -0.2) is 11.1 Å². The predicted octanol–water partition coefficient (Wildman–Crippen LogP) is 4.60. The van der Waals surface area contributed by atoms with Gasteiger partial charge in [0.25, 0.3) is 5.69 Å². The number of nitro benzene ring substituents is 1. The largest absolute Gasteiger partial charge is 0.288 e. The fourth-order valence-electron chi connectivity index (χ4n) is 1.45. The molecular weight excluding hydrogens is 379 g/mol. The smallest absolute Gasteiger partial charge is 0.258 e. The predicted molar refractivity (Wildman–Crippen MR) is 84.5 cm³/mol. The zero-order chi connectivity index (χ0) is 13.8. The Morgan fingerprint density at radius 3 is 2.68 bits per heavy atom. The maximum atomic E-state index is 10.8. The highest BCUT2D eigenvalue weighted by Gasteiger charge is 2.11. The van der Waals surface area contributed by atoms with Crippen molar-refractivity contribution in [1.29, 1.82) is 0 Å². The molecule has 96 valence electrons. The molecule has 0 atom stereocenters. The number of para-hydroxylation sites is 1. The van der Waals surface area contributed by atoms with Crippen LogP contribution in [0.15, 0.2) is 47.5 Å². The second-order valence-corrected chi connectivity index (χ2v) is 5.25. The van der Waals surface area contributed by atoms with Gasteiger partial charge in [-0.2, -0.15) is 0 Å². The third-order valence-electron chi connectivity index (χ3n) is 2.37. The second-order valence-electron chi connectivity index (χ2n) is 3.68. The van der Waals surface area contributed by atoms with Crippen molar-refractivity contribution in [2.75, 3.05) is 0 Å². The van der Waals surface area contributed by atoms with Crippen LogP contribution in [0.4, 0.5) is 11.4 Å². The number of hydrogen-bond acceptors (Lipinski definition) is 3. The fourth-order valence-corrected chi connectivity index (χ4v) is 2.16. The van der Waals surface area contributed by atoms with E-state index in [0.717, 1.165) is 9.26 Å². The van der Waals surface area contributed by atoms with Crippen LogP contribution in [-0.2, 0) is 0 Å². The van der Waals surface area contributed by atoms with Crippen LogP contribution in [0.1, 0.15) is 5.56 Å². The molecule has 0 spiro atoms. The molecule has 0 amide bonds. The van der Waals surface area contributed by atoms with Crippen molar-refractivity contribution in [3.63, 3.8) is 0 Å². The Hall–Kier alpha value is -1.47. The summed E-state index contributed by atoms with van der Waals surface area (Å²) >= 11 is 7.93. The molecule has 0 heterocycles. The zero-order valence-corrected chi connectivity index (χ0v) is 12.5. The summed E-state index contributed by atoms with van der Waals surface area (Å²) in [6, 6.07) is 12.2. The lowest BCUT2D eigenvalue weighted by atomic mass is 10.2. The monoisotopic (exact) mass is 386 g/mol. The molecule has 2 rings (SSSR count). The van der Waals surface area contributed by atoms with Gasteiger partial charge in [-0.05, 0) is 46.4 Å². The second kappa shape index (κ2) is 6.12. The van der Waals surface area contributed by atoms with Gasteiger partial charge in [0.2, 0.25) is 0 Å². The number of benzene rings is 2. The van der Waals surface area contributed by atoms with Gasteiger partial charge in [0.1, 0.15) is 5.02 Å². The molecule has 0 aliphatic heterocycles. The van der Waals surface area contributed by atoms with Gasteiger partial charge >= 0.3 is 0 Å². The summed E-state index contributed by atoms with van der Waals surface area (Å²) in [5, 5.41) is 10.9. The summed E-state index contributed by atoms with van der Waals surface area (Å²) < 4.78 is 1.01. The number of aliphatic imine (C=N–C) groups is 1. The molecule has 0 saturated heterocycles. The van der Waals surface area contributed by atoms with E-state index in [-0.39, 0.29) is 10.7 Å². The fraction of sp³-hybridized carbons (Fsp3) is 0. The van der Waals surface area contributed by atoms with Crippen LogP contribution in [0.3, 0.4) is 0 Å². The van der Waals surface area contributed by atoms with Crippen molar-refractivity contribution in [1.82, 2.24) is 0 Å². The number of rotatable bonds is 3. The first-order valence-corrected chi connectivity index (χ1v) is 6.76.